The van der Waals surface area contributed by atoms with E-state index in [9.17, 15) is 0 Å². The summed E-state index contributed by atoms with van der Waals surface area (Å²) in [6.45, 7) is 3.01. The van der Waals surface area contributed by atoms with Crippen LogP contribution >= 0.6 is 15.9 Å². The summed E-state index contributed by atoms with van der Waals surface area (Å²) < 4.78 is 1.14. The molecule has 1 aromatic rings. The minimum absolute atomic E-state index is 0.867. The summed E-state index contributed by atoms with van der Waals surface area (Å²) in [5.41, 5.74) is 3.92. The highest BCUT2D eigenvalue weighted by Crippen LogP contribution is 2.23. The predicted molar refractivity (Wildman–Crippen MR) is 54.7 cm³/mol. The number of halogens is 1. The third kappa shape index (κ3) is 1.20. The number of hydrogen-bond donors (Lipinski definition) is 0. The van der Waals surface area contributed by atoms with Crippen LogP contribution in [-0.4, -0.2) is 5.71 Å². The molecular weight excluding hydrogens is 214 g/mol. The lowest BCUT2D eigenvalue weighted by Gasteiger charge is -2.00. The molecule has 1 aromatic carbocycles. The lowest BCUT2D eigenvalue weighted by Crippen LogP contribution is -1.95. The summed E-state index contributed by atoms with van der Waals surface area (Å²) in [6, 6.07) is 6.38. The van der Waals surface area contributed by atoms with E-state index in [4.69, 9.17) is 0 Å². The molecule has 0 N–H and O–H groups in total. The topological polar surface area (TPSA) is 12.4 Å². The summed E-state index contributed by atoms with van der Waals surface area (Å²) in [4.78, 5) is 4.46. The maximum Gasteiger partial charge on any atom is 0.0649 e. The maximum absolute atomic E-state index is 4.46. The molecular formula is C10H10BrN. The molecule has 12 heavy (non-hydrogen) atoms. The fourth-order valence-corrected chi connectivity index (χ4v) is 1.88. The Morgan fingerprint density at radius 3 is 3.08 bits per heavy atom. The minimum Gasteiger partial charge on any atom is -0.284 e. The number of fused-ring (bicyclic) bond motifs is 1. The first-order chi connectivity index (χ1) is 5.81. The third-order valence-electron chi connectivity index (χ3n) is 2.16. The first-order valence-electron chi connectivity index (χ1n) is 4.13. The fraction of sp³-hybridized carbons (Fsp3) is 0.300. The Morgan fingerprint density at radius 1 is 1.50 bits per heavy atom. The maximum atomic E-state index is 4.46. The van der Waals surface area contributed by atoms with E-state index < -0.39 is 0 Å². The van der Waals surface area contributed by atoms with Crippen LogP contribution in [0.4, 0.5) is 0 Å². The van der Waals surface area contributed by atoms with E-state index in [1.54, 1.807) is 0 Å². The Bertz CT molecular complexity index is 342. The second-order valence-corrected chi connectivity index (χ2v) is 3.83. The summed E-state index contributed by atoms with van der Waals surface area (Å²) in [6.07, 6.45) is 1.03. The SMILES string of the molecule is CCC1=NCc2ccc(Br)cc21. The summed E-state index contributed by atoms with van der Waals surface area (Å²) in [5.74, 6) is 0. The zero-order valence-corrected chi connectivity index (χ0v) is 8.56. The van der Waals surface area contributed by atoms with Crippen molar-refractivity contribution >= 4 is 21.6 Å². The quantitative estimate of drug-likeness (QED) is 0.694. The van der Waals surface area contributed by atoms with Crippen molar-refractivity contribution in [3.8, 4) is 0 Å². The molecule has 0 radical (unpaired) electrons. The summed E-state index contributed by atoms with van der Waals surface area (Å²) >= 11 is 3.47. The number of hydrogen-bond acceptors (Lipinski definition) is 1. The van der Waals surface area contributed by atoms with Crippen molar-refractivity contribution in [2.45, 2.75) is 19.9 Å². The molecule has 0 fully saturated rings. The van der Waals surface area contributed by atoms with Crippen LogP contribution in [0.2, 0.25) is 0 Å². The van der Waals surface area contributed by atoms with E-state index in [2.05, 4.69) is 46.0 Å². The monoisotopic (exact) mass is 223 g/mol. The molecule has 1 nitrogen and oxygen atoms in total. The van der Waals surface area contributed by atoms with Crippen molar-refractivity contribution < 1.29 is 0 Å². The number of rotatable bonds is 1. The Kier molecular flexibility index (Phi) is 2.01. The summed E-state index contributed by atoms with van der Waals surface area (Å²) in [7, 11) is 0. The van der Waals surface area contributed by atoms with E-state index in [1.165, 1.54) is 16.8 Å². The summed E-state index contributed by atoms with van der Waals surface area (Å²) in [5, 5.41) is 0. The van der Waals surface area contributed by atoms with Crippen LogP contribution < -0.4 is 0 Å². The molecule has 0 bridgehead atoms. The first-order valence-corrected chi connectivity index (χ1v) is 4.92. The smallest absolute Gasteiger partial charge is 0.0649 e. The number of nitrogens with zero attached hydrogens (tertiary/aromatic N) is 1. The molecule has 2 heteroatoms. The van der Waals surface area contributed by atoms with Gasteiger partial charge in [-0.3, -0.25) is 4.99 Å². The van der Waals surface area contributed by atoms with Crippen molar-refractivity contribution in [1.29, 1.82) is 0 Å². The van der Waals surface area contributed by atoms with Gasteiger partial charge in [0.05, 0.1) is 6.54 Å². The van der Waals surface area contributed by atoms with Gasteiger partial charge in [-0.2, -0.15) is 0 Å². The zero-order valence-electron chi connectivity index (χ0n) is 6.97. The van der Waals surface area contributed by atoms with Crippen LogP contribution in [-0.2, 0) is 6.54 Å². The van der Waals surface area contributed by atoms with Gasteiger partial charge in [-0.25, -0.2) is 0 Å². The average molecular weight is 224 g/mol. The fourth-order valence-electron chi connectivity index (χ4n) is 1.52. The molecule has 0 atom stereocenters. The molecule has 1 aliphatic rings. The second kappa shape index (κ2) is 3.02. The largest absolute Gasteiger partial charge is 0.284 e. The highest BCUT2D eigenvalue weighted by atomic mass is 79.9. The Labute approximate surface area is 80.6 Å². The normalized spacial score (nSPS) is 14.3. The highest BCUT2D eigenvalue weighted by molar-refractivity contribution is 9.10. The molecule has 0 aromatic heterocycles. The van der Waals surface area contributed by atoms with E-state index in [-0.39, 0.29) is 0 Å². The standard InChI is InChI=1S/C10H10BrN/c1-2-10-9-5-8(11)4-3-7(9)6-12-10/h3-5H,2,6H2,1H3. The van der Waals surface area contributed by atoms with Crippen molar-refractivity contribution in [2.75, 3.05) is 0 Å². The number of benzene rings is 1. The van der Waals surface area contributed by atoms with Gasteiger partial charge in [0, 0.05) is 15.7 Å². The molecule has 0 saturated heterocycles. The van der Waals surface area contributed by atoms with Crippen molar-refractivity contribution in [2.24, 2.45) is 4.99 Å². The van der Waals surface area contributed by atoms with Gasteiger partial charge >= 0.3 is 0 Å². The zero-order chi connectivity index (χ0) is 8.55. The molecule has 1 heterocycles. The van der Waals surface area contributed by atoms with Gasteiger partial charge in [0.15, 0.2) is 0 Å². The van der Waals surface area contributed by atoms with E-state index in [1.807, 2.05) is 0 Å². The Morgan fingerprint density at radius 2 is 2.33 bits per heavy atom. The number of aliphatic imine (C=N–C) groups is 1. The van der Waals surface area contributed by atoms with Crippen molar-refractivity contribution in [3.05, 3.63) is 33.8 Å². The van der Waals surface area contributed by atoms with Gasteiger partial charge in [0.2, 0.25) is 0 Å². The Balaban J connectivity index is 2.50. The van der Waals surface area contributed by atoms with Gasteiger partial charge in [0.25, 0.3) is 0 Å². The molecule has 62 valence electrons. The lowest BCUT2D eigenvalue weighted by molar-refractivity contribution is 1.10. The van der Waals surface area contributed by atoms with E-state index >= 15 is 0 Å². The molecule has 0 spiro atoms. The van der Waals surface area contributed by atoms with Crippen molar-refractivity contribution in [1.82, 2.24) is 0 Å². The molecule has 2 rings (SSSR count). The lowest BCUT2D eigenvalue weighted by atomic mass is 10.1. The second-order valence-electron chi connectivity index (χ2n) is 2.92. The van der Waals surface area contributed by atoms with E-state index in [0.717, 1.165) is 17.4 Å². The molecule has 0 aliphatic carbocycles. The molecule has 0 amide bonds. The van der Waals surface area contributed by atoms with Crippen LogP contribution in [0.25, 0.3) is 0 Å². The first kappa shape index (κ1) is 7.99. The molecule has 0 saturated carbocycles. The van der Waals surface area contributed by atoms with Gasteiger partial charge in [-0.15, -0.1) is 0 Å². The van der Waals surface area contributed by atoms with Crippen LogP contribution in [0.1, 0.15) is 24.5 Å². The molecule has 1 aliphatic heterocycles. The predicted octanol–water partition coefficient (Wildman–Crippen LogP) is 3.16. The highest BCUT2D eigenvalue weighted by Gasteiger charge is 2.13. The van der Waals surface area contributed by atoms with Gasteiger partial charge < -0.3 is 0 Å². The van der Waals surface area contributed by atoms with Crippen LogP contribution in [0.3, 0.4) is 0 Å². The molecule has 0 unspecified atom stereocenters. The van der Waals surface area contributed by atoms with Gasteiger partial charge in [-0.05, 0) is 24.1 Å². The van der Waals surface area contributed by atoms with Gasteiger partial charge in [0.1, 0.15) is 0 Å². The van der Waals surface area contributed by atoms with Crippen LogP contribution in [0.5, 0.6) is 0 Å². The van der Waals surface area contributed by atoms with Crippen LogP contribution in [0, 0.1) is 0 Å². The van der Waals surface area contributed by atoms with Crippen LogP contribution in [0.15, 0.2) is 27.7 Å². The van der Waals surface area contributed by atoms with Gasteiger partial charge in [-0.1, -0.05) is 28.9 Å². The third-order valence-corrected chi connectivity index (χ3v) is 2.65. The van der Waals surface area contributed by atoms with Crippen molar-refractivity contribution in [3.63, 3.8) is 0 Å². The minimum atomic E-state index is 0.867. The van der Waals surface area contributed by atoms with E-state index in [0.29, 0.717) is 0 Å². The Hall–Kier alpha value is -0.630. The average Bonchev–Trinajstić information content (AvgIpc) is 2.46.